The van der Waals surface area contributed by atoms with E-state index in [1.54, 1.807) is 6.07 Å². The van der Waals surface area contributed by atoms with E-state index in [0.717, 1.165) is 16.5 Å². The summed E-state index contributed by atoms with van der Waals surface area (Å²) in [6.45, 7) is 1.99. The summed E-state index contributed by atoms with van der Waals surface area (Å²) in [6.07, 6.45) is 0. The van der Waals surface area contributed by atoms with Gasteiger partial charge in [0.2, 0.25) is 5.88 Å². The predicted octanol–water partition coefficient (Wildman–Crippen LogP) is 2.23. The molecule has 0 spiro atoms. The van der Waals surface area contributed by atoms with Crippen molar-refractivity contribution in [1.82, 2.24) is 0 Å². The minimum atomic E-state index is -0.624. The molecule has 0 atom stereocenters. The highest BCUT2D eigenvalue weighted by molar-refractivity contribution is 5.90. The minimum Gasteiger partial charge on any atom is -0.440 e. The third kappa shape index (κ3) is 1.54. The third-order valence-corrected chi connectivity index (χ3v) is 1.92. The molecule has 0 unspecified atom stereocenters. The van der Waals surface area contributed by atoms with Crippen LogP contribution in [0.3, 0.4) is 0 Å². The summed E-state index contributed by atoms with van der Waals surface area (Å²) in [4.78, 5) is 10.6. The number of rotatable bonds is 1. The Hall–Kier alpha value is -1.97. The average Bonchev–Trinajstić information content (AvgIpc) is 2.44. The van der Waals surface area contributed by atoms with E-state index in [1.165, 1.54) is 0 Å². The third-order valence-electron chi connectivity index (χ3n) is 1.92. The van der Waals surface area contributed by atoms with Gasteiger partial charge in [-0.15, -0.1) is 0 Å². The number of primary amides is 1. The Morgan fingerprint density at radius 1 is 1.43 bits per heavy atom. The fourth-order valence-electron chi connectivity index (χ4n) is 1.35. The predicted molar refractivity (Wildman–Crippen MR) is 54.2 cm³/mol. The minimum absolute atomic E-state index is 0.373. The number of hydrogen-bond donors (Lipinski definition) is 2. The van der Waals surface area contributed by atoms with Gasteiger partial charge in [-0.3, -0.25) is 5.32 Å². The highest BCUT2D eigenvalue weighted by Gasteiger charge is 2.04. The molecule has 0 saturated heterocycles. The van der Waals surface area contributed by atoms with E-state index >= 15 is 0 Å². The molecule has 1 aromatic carbocycles. The first-order valence-electron chi connectivity index (χ1n) is 4.22. The fraction of sp³-hybridized carbons (Fsp3) is 0.100. The summed E-state index contributed by atoms with van der Waals surface area (Å²) < 4.78 is 5.32. The van der Waals surface area contributed by atoms with Crippen LogP contribution >= 0.6 is 0 Å². The Balaban J connectivity index is 2.46. The number of fused-ring (bicyclic) bond motifs is 1. The van der Waals surface area contributed by atoms with E-state index in [4.69, 9.17) is 10.2 Å². The molecule has 0 aliphatic carbocycles. The van der Waals surface area contributed by atoms with Gasteiger partial charge in [0.15, 0.2) is 0 Å². The second-order valence-corrected chi connectivity index (χ2v) is 3.14. The maximum Gasteiger partial charge on any atom is 0.318 e. The number of nitrogens with one attached hydrogen (secondary N) is 1. The number of urea groups is 1. The smallest absolute Gasteiger partial charge is 0.318 e. The van der Waals surface area contributed by atoms with Crippen LogP contribution < -0.4 is 11.1 Å². The number of aryl methyl sites for hydroxylation is 1. The summed E-state index contributed by atoms with van der Waals surface area (Å²) >= 11 is 0. The van der Waals surface area contributed by atoms with Crippen LogP contribution in [0.25, 0.3) is 11.0 Å². The molecular formula is C10H10N2O2. The number of amides is 2. The van der Waals surface area contributed by atoms with Gasteiger partial charge in [0.1, 0.15) is 5.58 Å². The first kappa shape index (κ1) is 8.62. The molecule has 0 bridgehead atoms. The first-order valence-corrected chi connectivity index (χ1v) is 4.22. The lowest BCUT2D eigenvalue weighted by atomic mass is 10.2. The summed E-state index contributed by atoms with van der Waals surface area (Å²) in [7, 11) is 0. The zero-order valence-corrected chi connectivity index (χ0v) is 7.70. The van der Waals surface area contributed by atoms with Crippen molar-refractivity contribution in [2.75, 3.05) is 5.32 Å². The molecule has 3 N–H and O–H groups in total. The van der Waals surface area contributed by atoms with Crippen molar-refractivity contribution < 1.29 is 9.21 Å². The molecule has 0 fully saturated rings. The van der Waals surface area contributed by atoms with Crippen LogP contribution in [0.1, 0.15) is 5.56 Å². The SMILES string of the molecule is Cc1ccc2oc(NC(N)=O)cc2c1. The van der Waals surface area contributed by atoms with E-state index in [2.05, 4.69) is 5.32 Å². The summed E-state index contributed by atoms with van der Waals surface area (Å²) in [6, 6.07) is 6.90. The summed E-state index contributed by atoms with van der Waals surface area (Å²) in [5.41, 5.74) is 6.84. The van der Waals surface area contributed by atoms with Gasteiger partial charge in [-0.05, 0) is 19.1 Å². The van der Waals surface area contributed by atoms with Crippen LogP contribution in [0.2, 0.25) is 0 Å². The Morgan fingerprint density at radius 3 is 2.93 bits per heavy atom. The summed E-state index contributed by atoms with van der Waals surface area (Å²) in [5, 5.41) is 3.34. The second kappa shape index (κ2) is 3.06. The molecule has 72 valence electrons. The maximum atomic E-state index is 10.6. The fourth-order valence-corrected chi connectivity index (χ4v) is 1.35. The molecule has 2 aromatic rings. The Morgan fingerprint density at radius 2 is 2.21 bits per heavy atom. The molecule has 1 aromatic heterocycles. The Labute approximate surface area is 80.7 Å². The lowest BCUT2D eigenvalue weighted by Gasteiger charge is -1.92. The van der Waals surface area contributed by atoms with Crippen molar-refractivity contribution in [3.05, 3.63) is 29.8 Å². The van der Waals surface area contributed by atoms with Crippen molar-refractivity contribution in [2.24, 2.45) is 5.73 Å². The van der Waals surface area contributed by atoms with Gasteiger partial charge in [-0.2, -0.15) is 0 Å². The molecule has 4 nitrogen and oxygen atoms in total. The topological polar surface area (TPSA) is 68.3 Å². The van der Waals surface area contributed by atoms with E-state index in [0.29, 0.717) is 5.88 Å². The number of carbonyl (C=O) groups is 1. The number of carbonyl (C=O) groups excluding carboxylic acids is 1. The van der Waals surface area contributed by atoms with Crippen LogP contribution in [0, 0.1) is 6.92 Å². The number of nitrogens with two attached hydrogens (primary N) is 1. The van der Waals surface area contributed by atoms with Gasteiger partial charge in [0, 0.05) is 11.5 Å². The highest BCUT2D eigenvalue weighted by atomic mass is 16.4. The number of furan rings is 1. The van der Waals surface area contributed by atoms with Crippen LogP contribution in [0.15, 0.2) is 28.7 Å². The lowest BCUT2D eigenvalue weighted by Crippen LogP contribution is -2.18. The van der Waals surface area contributed by atoms with Crippen LogP contribution in [-0.4, -0.2) is 6.03 Å². The van der Waals surface area contributed by atoms with Gasteiger partial charge in [-0.25, -0.2) is 4.79 Å². The van der Waals surface area contributed by atoms with Crippen molar-refractivity contribution >= 4 is 22.9 Å². The van der Waals surface area contributed by atoms with Crippen molar-refractivity contribution in [2.45, 2.75) is 6.92 Å². The summed E-state index contributed by atoms with van der Waals surface area (Å²) in [5.74, 6) is 0.373. The zero-order valence-electron chi connectivity index (χ0n) is 7.70. The van der Waals surface area contributed by atoms with Gasteiger partial charge >= 0.3 is 6.03 Å². The van der Waals surface area contributed by atoms with E-state index < -0.39 is 6.03 Å². The maximum absolute atomic E-state index is 10.6. The molecule has 14 heavy (non-hydrogen) atoms. The molecule has 0 aliphatic rings. The number of anilines is 1. The highest BCUT2D eigenvalue weighted by Crippen LogP contribution is 2.23. The molecule has 0 radical (unpaired) electrons. The van der Waals surface area contributed by atoms with Crippen LogP contribution in [0.5, 0.6) is 0 Å². The zero-order chi connectivity index (χ0) is 10.1. The van der Waals surface area contributed by atoms with Gasteiger partial charge in [0.25, 0.3) is 0 Å². The molecule has 1 heterocycles. The largest absolute Gasteiger partial charge is 0.440 e. The Bertz CT molecular complexity index is 488. The number of hydrogen-bond acceptors (Lipinski definition) is 2. The quantitative estimate of drug-likeness (QED) is 0.724. The molecule has 4 heteroatoms. The van der Waals surface area contributed by atoms with Gasteiger partial charge in [0.05, 0.1) is 0 Å². The van der Waals surface area contributed by atoms with E-state index in [-0.39, 0.29) is 0 Å². The van der Waals surface area contributed by atoms with Crippen molar-refractivity contribution in [1.29, 1.82) is 0 Å². The van der Waals surface area contributed by atoms with Crippen LogP contribution in [-0.2, 0) is 0 Å². The van der Waals surface area contributed by atoms with Crippen molar-refractivity contribution in [3.63, 3.8) is 0 Å². The number of benzene rings is 1. The molecular weight excluding hydrogens is 180 g/mol. The van der Waals surface area contributed by atoms with Crippen LogP contribution in [0.4, 0.5) is 10.7 Å². The molecule has 2 rings (SSSR count). The average molecular weight is 190 g/mol. The molecule has 2 amide bonds. The normalized spacial score (nSPS) is 10.4. The molecule has 0 saturated carbocycles. The second-order valence-electron chi connectivity index (χ2n) is 3.14. The standard InChI is InChI=1S/C10H10N2O2/c1-6-2-3-8-7(4-6)5-9(14-8)12-10(11)13/h2-5H,1H3,(H3,11,12,13). The monoisotopic (exact) mass is 190 g/mol. The molecule has 0 aliphatic heterocycles. The Kier molecular flexibility index (Phi) is 1.89. The van der Waals surface area contributed by atoms with Crippen molar-refractivity contribution in [3.8, 4) is 0 Å². The first-order chi connectivity index (χ1) is 6.65. The van der Waals surface area contributed by atoms with Gasteiger partial charge in [-0.1, -0.05) is 11.6 Å². The van der Waals surface area contributed by atoms with E-state index in [1.807, 2.05) is 25.1 Å². The van der Waals surface area contributed by atoms with E-state index in [9.17, 15) is 4.79 Å². The lowest BCUT2D eigenvalue weighted by molar-refractivity contribution is 0.259. The van der Waals surface area contributed by atoms with Gasteiger partial charge < -0.3 is 10.2 Å².